The van der Waals surface area contributed by atoms with Crippen molar-refractivity contribution in [1.29, 1.82) is 0 Å². The average molecular weight is 332 g/mol. The van der Waals surface area contributed by atoms with Crippen LogP contribution in [0.4, 0.5) is 0 Å². The van der Waals surface area contributed by atoms with Crippen LogP contribution in [0.5, 0.6) is 11.5 Å². The highest BCUT2D eigenvalue weighted by molar-refractivity contribution is 7.17. The number of fused-ring (bicyclic) bond motifs is 1. The van der Waals surface area contributed by atoms with Crippen LogP contribution in [0, 0.1) is 0 Å². The molecule has 0 saturated carbocycles. The van der Waals surface area contributed by atoms with Gasteiger partial charge in [0.25, 0.3) is 5.91 Å². The highest BCUT2D eigenvalue weighted by atomic mass is 32.1. The van der Waals surface area contributed by atoms with E-state index in [0.29, 0.717) is 19.8 Å². The molecule has 0 saturated heterocycles. The summed E-state index contributed by atoms with van der Waals surface area (Å²) in [7, 11) is 3.70. The first-order valence-electron chi connectivity index (χ1n) is 7.59. The minimum absolute atomic E-state index is 0.0500. The van der Waals surface area contributed by atoms with Crippen molar-refractivity contribution in [3.8, 4) is 21.9 Å². The molecule has 122 valence electrons. The Bertz CT molecular complexity index is 699. The van der Waals surface area contributed by atoms with Crippen LogP contribution >= 0.6 is 11.3 Å². The van der Waals surface area contributed by atoms with Crippen molar-refractivity contribution < 1.29 is 14.3 Å². The van der Waals surface area contributed by atoms with E-state index >= 15 is 0 Å². The molecule has 0 radical (unpaired) electrons. The smallest absolute Gasteiger partial charge is 0.263 e. The molecule has 3 rings (SSSR count). The third-order valence-corrected chi connectivity index (χ3v) is 4.81. The summed E-state index contributed by atoms with van der Waals surface area (Å²) in [5.41, 5.74) is 1.04. The summed E-state index contributed by atoms with van der Waals surface area (Å²) in [5.74, 6) is 1.59. The van der Waals surface area contributed by atoms with Crippen molar-refractivity contribution in [3.05, 3.63) is 35.2 Å². The zero-order valence-corrected chi connectivity index (χ0v) is 14.1. The van der Waals surface area contributed by atoms with Crippen LogP contribution < -0.4 is 14.8 Å². The fourth-order valence-electron chi connectivity index (χ4n) is 2.37. The summed E-state index contributed by atoms with van der Waals surface area (Å²) in [6.07, 6.45) is 0. The predicted molar refractivity (Wildman–Crippen MR) is 91.6 cm³/mol. The highest BCUT2D eigenvalue weighted by Crippen LogP contribution is 2.37. The van der Waals surface area contributed by atoms with Crippen molar-refractivity contribution in [2.75, 3.05) is 40.4 Å². The maximum Gasteiger partial charge on any atom is 0.263 e. The summed E-state index contributed by atoms with van der Waals surface area (Å²) in [5, 5.41) is 3.05. The number of carbonyl (C=O) groups excluding carboxylic acids is 1. The van der Waals surface area contributed by atoms with Crippen LogP contribution in [0.25, 0.3) is 10.4 Å². The molecule has 0 fully saturated rings. The van der Waals surface area contributed by atoms with Crippen LogP contribution in [0.1, 0.15) is 9.67 Å². The van der Waals surface area contributed by atoms with E-state index < -0.39 is 0 Å². The number of nitrogens with zero attached hydrogens (tertiary/aromatic N) is 1. The molecule has 0 aliphatic carbocycles. The van der Waals surface area contributed by atoms with Gasteiger partial charge in [-0.05, 0) is 42.9 Å². The van der Waals surface area contributed by atoms with Gasteiger partial charge in [-0.2, -0.15) is 0 Å². The normalized spacial score (nSPS) is 13.0. The average Bonchev–Trinajstić information content (AvgIpc) is 3.08. The lowest BCUT2D eigenvalue weighted by Crippen LogP contribution is -2.32. The topological polar surface area (TPSA) is 50.8 Å². The fourth-order valence-corrected chi connectivity index (χ4v) is 3.37. The molecule has 23 heavy (non-hydrogen) atoms. The molecule has 1 aliphatic rings. The second-order valence-corrected chi connectivity index (χ2v) is 6.44. The van der Waals surface area contributed by atoms with Gasteiger partial charge in [-0.3, -0.25) is 4.79 Å². The Kier molecular flexibility index (Phi) is 4.83. The molecule has 2 aromatic rings. The molecule has 1 N–H and O–H groups in total. The highest BCUT2D eigenvalue weighted by Gasteiger charge is 2.16. The molecular formula is C17H20N2O3S. The lowest BCUT2D eigenvalue weighted by molar-refractivity contribution is 0.0801. The number of hydrogen-bond acceptors (Lipinski definition) is 5. The van der Waals surface area contributed by atoms with Gasteiger partial charge >= 0.3 is 0 Å². The maximum atomic E-state index is 12.4. The van der Waals surface area contributed by atoms with E-state index in [-0.39, 0.29) is 5.91 Å². The third-order valence-electron chi connectivity index (χ3n) is 3.69. The second-order valence-electron chi connectivity index (χ2n) is 5.35. The number of carbonyl (C=O) groups is 1. The van der Waals surface area contributed by atoms with Gasteiger partial charge in [0.2, 0.25) is 0 Å². The number of rotatable bonds is 5. The zero-order chi connectivity index (χ0) is 16.2. The first kappa shape index (κ1) is 15.8. The molecule has 1 amide bonds. The Balaban J connectivity index is 1.77. The first-order valence-corrected chi connectivity index (χ1v) is 8.40. The number of benzene rings is 1. The molecule has 1 aromatic heterocycles. The molecule has 1 aromatic carbocycles. The molecule has 6 heteroatoms. The number of ether oxygens (including phenoxy) is 2. The summed E-state index contributed by atoms with van der Waals surface area (Å²) in [4.78, 5) is 15.9. The minimum Gasteiger partial charge on any atom is -0.486 e. The van der Waals surface area contributed by atoms with Gasteiger partial charge in [0, 0.05) is 25.0 Å². The van der Waals surface area contributed by atoms with Crippen molar-refractivity contribution in [2.45, 2.75) is 0 Å². The molecule has 0 spiro atoms. The number of nitrogens with one attached hydrogen (secondary N) is 1. The van der Waals surface area contributed by atoms with E-state index in [1.165, 1.54) is 11.3 Å². The number of amides is 1. The SMILES string of the molecule is CNCCN(C)C(=O)c1ccc(-c2ccc3c(c2)OCCO3)s1. The Morgan fingerprint density at radius 1 is 1.22 bits per heavy atom. The first-order chi connectivity index (χ1) is 11.2. The summed E-state index contributed by atoms with van der Waals surface area (Å²) < 4.78 is 11.2. The van der Waals surface area contributed by atoms with Crippen molar-refractivity contribution in [1.82, 2.24) is 10.2 Å². The Morgan fingerprint density at radius 3 is 2.78 bits per heavy atom. The van der Waals surface area contributed by atoms with Gasteiger partial charge in [-0.1, -0.05) is 0 Å². The molecule has 1 aliphatic heterocycles. The second kappa shape index (κ2) is 7.02. The van der Waals surface area contributed by atoms with E-state index in [4.69, 9.17) is 9.47 Å². The van der Waals surface area contributed by atoms with E-state index in [1.807, 2.05) is 44.4 Å². The van der Waals surface area contributed by atoms with Crippen molar-refractivity contribution >= 4 is 17.2 Å². The maximum absolute atomic E-state index is 12.4. The lowest BCUT2D eigenvalue weighted by Gasteiger charge is -2.18. The number of thiophene rings is 1. The van der Waals surface area contributed by atoms with Crippen LogP contribution in [-0.4, -0.2) is 51.2 Å². The molecule has 0 bridgehead atoms. The molecule has 0 unspecified atom stereocenters. The molecular weight excluding hydrogens is 312 g/mol. The van der Waals surface area contributed by atoms with Crippen LogP contribution in [0.3, 0.4) is 0 Å². The van der Waals surface area contributed by atoms with E-state index in [2.05, 4.69) is 5.32 Å². The van der Waals surface area contributed by atoms with Gasteiger partial charge < -0.3 is 19.7 Å². The molecule has 2 heterocycles. The summed E-state index contributed by atoms with van der Waals surface area (Å²) >= 11 is 1.50. The molecule has 0 atom stereocenters. The third kappa shape index (κ3) is 3.48. The van der Waals surface area contributed by atoms with Crippen LogP contribution in [-0.2, 0) is 0 Å². The summed E-state index contributed by atoms with van der Waals surface area (Å²) in [6, 6.07) is 9.76. The van der Waals surface area contributed by atoms with E-state index in [9.17, 15) is 4.79 Å². The van der Waals surface area contributed by atoms with Gasteiger partial charge in [-0.15, -0.1) is 11.3 Å². The van der Waals surface area contributed by atoms with Crippen molar-refractivity contribution in [3.63, 3.8) is 0 Å². The summed E-state index contributed by atoms with van der Waals surface area (Å²) in [6.45, 7) is 2.62. The number of hydrogen-bond donors (Lipinski definition) is 1. The van der Waals surface area contributed by atoms with Gasteiger partial charge in [0.1, 0.15) is 13.2 Å². The van der Waals surface area contributed by atoms with Gasteiger partial charge in [0.05, 0.1) is 4.88 Å². The standard InChI is InChI=1S/C17H20N2O3S/c1-18-7-8-19(2)17(20)16-6-5-15(23-16)12-3-4-13-14(11-12)22-10-9-21-13/h3-6,11,18H,7-10H2,1-2H3. The minimum atomic E-state index is 0.0500. The van der Waals surface area contributed by atoms with E-state index in [1.54, 1.807) is 4.90 Å². The zero-order valence-electron chi connectivity index (χ0n) is 13.3. The van der Waals surface area contributed by atoms with E-state index in [0.717, 1.165) is 33.4 Å². The monoisotopic (exact) mass is 332 g/mol. The lowest BCUT2D eigenvalue weighted by atomic mass is 10.1. The van der Waals surface area contributed by atoms with Crippen molar-refractivity contribution in [2.24, 2.45) is 0 Å². The van der Waals surface area contributed by atoms with Gasteiger partial charge in [-0.25, -0.2) is 0 Å². The van der Waals surface area contributed by atoms with Crippen LogP contribution in [0.15, 0.2) is 30.3 Å². The molecule has 5 nitrogen and oxygen atoms in total. The quantitative estimate of drug-likeness (QED) is 0.914. The number of likely N-dealkylation sites (N-methyl/N-ethyl adjacent to an activating group) is 2. The Labute approximate surface area is 139 Å². The predicted octanol–water partition coefficient (Wildman–Crippen LogP) is 2.48. The largest absolute Gasteiger partial charge is 0.486 e. The Morgan fingerprint density at radius 2 is 2.00 bits per heavy atom. The van der Waals surface area contributed by atoms with Gasteiger partial charge in [0.15, 0.2) is 11.5 Å². The van der Waals surface area contributed by atoms with Crippen LogP contribution in [0.2, 0.25) is 0 Å². The Hall–Kier alpha value is -2.05. The fraction of sp³-hybridized carbons (Fsp3) is 0.353.